The van der Waals surface area contributed by atoms with Gasteiger partial charge in [-0.05, 0) is 51.1 Å². The Bertz CT molecular complexity index is 414. The molecule has 3 N–H and O–H groups in total. The number of likely N-dealkylation sites (N-methyl/N-ethyl adjacent to an activating group) is 1. The Morgan fingerprint density at radius 2 is 2.05 bits per heavy atom. The predicted molar refractivity (Wildman–Crippen MR) is 83.8 cm³/mol. The van der Waals surface area contributed by atoms with Crippen molar-refractivity contribution in [1.82, 2.24) is 10.3 Å². The number of benzene rings is 1. The van der Waals surface area contributed by atoms with Gasteiger partial charge in [-0.1, -0.05) is 40.9 Å². The Labute approximate surface area is 124 Å². The minimum absolute atomic E-state index is 0.192. The number of nitrogens with one attached hydrogen (secondary N) is 1. The number of nitrogens with zero attached hydrogens (tertiary/aromatic N) is 1. The summed E-state index contributed by atoms with van der Waals surface area (Å²) in [6.07, 6.45) is 6.02. The minimum Gasteiger partial charge on any atom is -0.302 e. The monoisotopic (exact) mass is 325 g/mol. The molecule has 1 aliphatic carbocycles. The zero-order valence-electron chi connectivity index (χ0n) is 11.8. The van der Waals surface area contributed by atoms with E-state index in [1.54, 1.807) is 0 Å². The second-order valence-electron chi connectivity index (χ2n) is 5.76. The average molecular weight is 326 g/mol. The van der Waals surface area contributed by atoms with E-state index in [1.165, 1.54) is 31.2 Å². The quantitative estimate of drug-likeness (QED) is 0.646. The van der Waals surface area contributed by atoms with E-state index in [9.17, 15) is 0 Å². The molecule has 3 nitrogen and oxygen atoms in total. The van der Waals surface area contributed by atoms with Gasteiger partial charge in [0.1, 0.15) is 0 Å². The van der Waals surface area contributed by atoms with Crippen LogP contribution in [0.1, 0.15) is 31.2 Å². The van der Waals surface area contributed by atoms with Crippen LogP contribution in [-0.4, -0.2) is 30.6 Å². The van der Waals surface area contributed by atoms with Crippen LogP contribution >= 0.6 is 15.9 Å². The Morgan fingerprint density at radius 3 is 2.58 bits per heavy atom. The van der Waals surface area contributed by atoms with E-state index in [4.69, 9.17) is 5.84 Å². The van der Waals surface area contributed by atoms with E-state index in [0.717, 1.165) is 10.9 Å². The zero-order valence-corrected chi connectivity index (χ0v) is 13.4. The number of hydrazine groups is 1. The maximum Gasteiger partial charge on any atom is 0.0434 e. The maximum atomic E-state index is 5.87. The van der Waals surface area contributed by atoms with Gasteiger partial charge in [-0.2, -0.15) is 0 Å². The van der Waals surface area contributed by atoms with Crippen molar-refractivity contribution in [1.29, 1.82) is 0 Å². The lowest BCUT2D eigenvalue weighted by Gasteiger charge is -2.43. The van der Waals surface area contributed by atoms with Crippen LogP contribution in [-0.2, 0) is 6.42 Å². The van der Waals surface area contributed by atoms with Crippen molar-refractivity contribution in [3.63, 3.8) is 0 Å². The van der Waals surface area contributed by atoms with Crippen LogP contribution in [0.4, 0.5) is 0 Å². The smallest absolute Gasteiger partial charge is 0.0434 e. The average Bonchev–Trinajstić information content (AvgIpc) is 2.86. The second kappa shape index (κ2) is 6.35. The van der Waals surface area contributed by atoms with Gasteiger partial charge in [0.05, 0.1) is 0 Å². The first-order chi connectivity index (χ1) is 9.08. The van der Waals surface area contributed by atoms with Gasteiger partial charge in [0, 0.05) is 16.1 Å². The van der Waals surface area contributed by atoms with Crippen molar-refractivity contribution in [2.45, 2.75) is 43.7 Å². The Morgan fingerprint density at radius 1 is 1.37 bits per heavy atom. The molecular weight excluding hydrogens is 302 g/mol. The van der Waals surface area contributed by atoms with Crippen molar-refractivity contribution in [2.75, 3.05) is 14.1 Å². The van der Waals surface area contributed by atoms with Crippen LogP contribution in [0.5, 0.6) is 0 Å². The molecule has 0 radical (unpaired) electrons. The molecule has 1 fully saturated rings. The fourth-order valence-electron chi connectivity index (χ4n) is 3.40. The summed E-state index contributed by atoms with van der Waals surface area (Å²) in [6.45, 7) is 0. The molecule has 0 amide bonds. The van der Waals surface area contributed by atoms with Gasteiger partial charge >= 0.3 is 0 Å². The summed E-state index contributed by atoms with van der Waals surface area (Å²) in [5, 5.41) is 0. The van der Waals surface area contributed by atoms with Gasteiger partial charge in [0.15, 0.2) is 0 Å². The standard InChI is InChI=1S/C15H24BrN3/c1-19(2)15(8-3-4-9-15)14(18-17)11-12-6-5-7-13(16)10-12/h5-7,10,14,18H,3-4,8-9,11,17H2,1-2H3. The summed E-state index contributed by atoms with van der Waals surface area (Å²) >= 11 is 3.54. The molecule has 0 saturated heterocycles. The number of hydrogen-bond donors (Lipinski definition) is 2. The Balaban J connectivity index is 2.19. The molecule has 0 heterocycles. The third kappa shape index (κ3) is 3.19. The fraction of sp³-hybridized carbons (Fsp3) is 0.600. The molecule has 1 aromatic rings. The van der Waals surface area contributed by atoms with Crippen LogP contribution < -0.4 is 11.3 Å². The third-order valence-corrected chi connectivity index (χ3v) is 5.03. The molecule has 1 aromatic carbocycles. The van der Waals surface area contributed by atoms with Crippen molar-refractivity contribution >= 4 is 15.9 Å². The molecule has 1 unspecified atom stereocenters. The number of hydrogen-bond acceptors (Lipinski definition) is 3. The molecule has 0 bridgehead atoms. The lowest BCUT2D eigenvalue weighted by Crippen LogP contribution is -2.60. The molecule has 106 valence electrons. The highest BCUT2D eigenvalue weighted by Gasteiger charge is 2.42. The molecule has 0 aliphatic heterocycles. The van der Waals surface area contributed by atoms with Crippen molar-refractivity contribution in [2.24, 2.45) is 5.84 Å². The van der Waals surface area contributed by atoms with E-state index < -0.39 is 0 Å². The van der Waals surface area contributed by atoms with Crippen molar-refractivity contribution in [3.05, 3.63) is 34.3 Å². The maximum absolute atomic E-state index is 5.87. The first-order valence-corrected chi connectivity index (χ1v) is 7.76. The van der Waals surface area contributed by atoms with E-state index in [-0.39, 0.29) is 5.54 Å². The van der Waals surface area contributed by atoms with Crippen LogP contribution in [0.3, 0.4) is 0 Å². The molecule has 4 heteroatoms. The molecule has 0 spiro atoms. The molecule has 1 aliphatic rings. The van der Waals surface area contributed by atoms with E-state index in [2.05, 4.69) is 64.6 Å². The topological polar surface area (TPSA) is 41.3 Å². The van der Waals surface area contributed by atoms with Gasteiger partial charge in [0.25, 0.3) is 0 Å². The molecular formula is C15H24BrN3. The van der Waals surface area contributed by atoms with Crippen LogP contribution in [0, 0.1) is 0 Å². The van der Waals surface area contributed by atoms with Crippen LogP contribution in [0.15, 0.2) is 28.7 Å². The first-order valence-electron chi connectivity index (χ1n) is 6.96. The Hall–Kier alpha value is -0.420. The molecule has 0 aromatic heterocycles. The lowest BCUT2D eigenvalue weighted by molar-refractivity contribution is 0.104. The summed E-state index contributed by atoms with van der Waals surface area (Å²) in [5.41, 5.74) is 4.59. The van der Waals surface area contributed by atoms with Crippen LogP contribution in [0.25, 0.3) is 0 Å². The summed E-state index contributed by atoms with van der Waals surface area (Å²) in [6, 6.07) is 8.80. The van der Waals surface area contributed by atoms with E-state index in [0.29, 0.717) is 6.04 Å². The van der Waals surface area contributed by atoms with Crippen LogP contribution in [0.2, 0.25) is 0 Å². The highest BCUT2D eigenvalue weighted by molar-refractivity contribution is 9.10. The molecule has 1 atom stereocenters. The van der Waals surface area contributed by atoms with Gasteiger partial charge in [0.2, 0.25) is 0 Å². The number of halogens is 1. The van der Waals surface area contributed by atoms with Gasteiger partial charge in [-0.25, -0.2) is 0 Å². The van der Waals surface area contributed by atoms with Crippen molar-refractivity contribution in [3.8, 4) is 0 Å². The first kappa shape index (κ1) is 15.0. The normalized spacial score (nSPS) is 19.8. The van der Waals surface area contributed by atoms with Gasteiger partial charge < -0.3 is 4.90 Å². The molecule has 2 rings (SSSR count). The largest absolute Gasteiger partial charge is 0.302 e. The highest BCUT2D eigenvalue weighted by Crippen LogP contribution is 2.37. The summed E-state index contributed by atoms with van der Waals surface area (Å²) in [4.78, 5) is 2.36. The van der Waals surface area contributed by atoms with E-state index in [1.807, 2.05) is 0 Å². The van der Waals surface area contributed by atoms with Gasteiger partial charge in [-0.15, -0.1) is 0 Å². The van der Waals surface area contributed by atoms with Crippen molar-refractivity contribution < 1.29 is 0 Å². The minimum atomic E-state index is 0.192. The summed E-state index contributed by atoms with van der Waals surface area (Å²) in [5.74, 6) is 5.87. The SMILES string of the molecule is CN(C)C1(C(Cc2cccc(Br)c2)NN)CCCC1. The second-order valence-corrected chi connectivity index (χ2v) is 6.67. The Kier molecular flexibility index (Phi) is 5.01. The predicted octanol–water partition coefficient (Wildman–Crippen LogP) is 2.70. The fourth-order valence-corrected chi connectivity index (χ4v) is 3.84. The number of rotatable bonds is 5. The summed E-state index contributed by atoms with van der Waals surface area (Å²) < 4.78 is 1.13. The summed E-state index contributed by atoms with van der Waals surface area (Å²) in [7, 11) is 4.35. The molecule has 19 heavy (non-hydrogen) atoms. The zero-order chi connectivity index (χ0) is 13.9. The van der Waals surface area contributed by atoms with E-state index >= 15 is 0 Å². The highest BCUT2D eigenvalue weighted by atomic mass is 79.9. The van der Waals surface area contributed by atoms with Gasteiger partial charge in [-0.3, -0.25) is 11.3 Å². The molecule has 1 saturated carbocycles. The lowest BCUT2D eigenvalue weighted by atomic mass is 9.83. The third-order valence-electron chi connectivity index (χ3n) is 4.54. The number of nitrogens with two attached hydrogens (primary N) is 1.